The number of nitrogens with two attached hydrogens (primary N) is 1. The van der Waals surface area contributed by atoms with Gasteiger partial charge in [0.1, 0.15) is 0 Å². The maximum absolute atomic E-state index is 10.7. The highest BCUT2D eigenvalue weighted by Crippen LogP contribution is 2.34. The molecular formula is C21H22N4O. The van der Waals surface area contributed by atoms with E-state index >= 15 is 0 Å². The van der Waals surface area contributed by atoms with Gasteiger partial charge in [-0.3, -0.25) is 10.1 Å². The van der Waals surface area contributed by atoms with Crippen LogP contribution in [0.5, 0.6) is 0 Å². The average molecular weight is 346 g/mol. The van der Waals surface area contributed by atoms with Gasteiger partial charge in [-0.05, 0) is 24.0 Å². The number of hydrogen-bond acceptors (Lipinski definition) is 3. The zero-order chi connectivity index (χ0) is 18.5. The third kappa shape index (κ3) is 3.57. The molecule has 0 saturated heterocycles. The number of nitrogens with zero attached hydrogens (tertiary/aromatic N) is 2. The normalized spacial score (nSPS) is 12.8. The number of carbonyl (C=O) groups excluding carboxylic acids is 1. The van der Waals surface area contributed by atoms with Gasteiger partial charge in [0.25, 0.3) is 0 Å². The molecule has 0 bridgehead atoms. The molecular weight excluding hydrogens is 324 g/mol. The van der Waals surface area contributed by atoms with Crippen molar-refractivity contribution in [1.82, 2.24) is 10.3 Å². The van der Waals surface area contributed by atoms with Crippen molar-refractivity contribution < 1.29 is 4.79 Å². The van der Waals surface area contributed by atoms with Crippen LogP contribution in [0.1, 0.15) is 31.7 Å². The predicted octanol–water partition coefficient (Wildman–Crippen LogP) is 4.11. The SMILES string of the molecule is CCC(C)c1cccc2c(N=C(N)NC=O)cc(-c3ccccc3)nc12. The number of rotatable bonds is 5. The summed E-state index contributed by atoms with van der Waals surface area (Å²) < 4.78 is 0. The first-order valence-corrected chi connectivity index (χ1v) is 8.67. The van der Waals surface area contributed by atoms with Crippen LogP contribution in [0, 0.1) is 0 Å². The number of nitrogens with one attached hydrogen (secondary N) is 1. The molecule has 1 aromatic heterocycles. The van der Waals surface area contributed by atoms with Crippen LogP contribution in [0.3, 0.4) is 0 Å². The van der Waals surface area contributed by atoms with Crippen molar-refractivity contribution in [3.05, 3.63) is 60.2 Å². The Morgan fingerprint density at radius 2 is 2.00 bits per heavy atom. The molecule has 2 aromatic carbocycles. The summed E-state index contributed by atoms with van der Waals surface area (Å²) in [6.45, 7) is 4.35. The van der Waals surface area contributed by atoms with Gasteiger partial charge in [-0.15, -0.1) is 0 Å². The number of hydrogen-bond donors (Lipinski definition) is 2. The second-order valence-electron chi connectivity index (χ2n) is 6.20. The van der Waals surface area contributed by atoms with Gasteiger partial charge in [0.2, 0.25) is 6.41 Å². The third-order valence-corrected chi connectivity index (χ3v) is 4.51. The first kappa shape index (κ1) is 17.6. The molecule has 5 nitrogen and oxygen atoms in total. The average Bonchev–Trinajstić information content (AvgIpc) is 2.67. The summed E-state index contributed by atoms with van der Waals surface area (Å²) in [5, 5.41) is 3.31. The number of fused-ring (bicyclic) bond motifs is 1. The Morgan fingerprint density at radius 3 is 2.69 bits per heavy atom. The minimum Gasteiger partial charge on any atom is -0.369 e. The van der Waals surface area contributed by atoms with Crippen molar-refractivity contribution >= 4 is 29.0 Å². The van der Waals surface area contributed by atoms with Crippen LogP contribution >= 0.6 is 0 Å². The first-order chi connectivity index (χ1) is 12.6. The molecule has 3 rings (SSSR count). The molecule has 0 fully saturated rings. The van der Waals surface area contributed by atoms with E-state index in [-0.39, 0.29) is 5.96 Å². The summed E-state index contributed by atoms with van der Waals surface area (Å²) in [6, 6.07) is 18.0. The van der Waals surface area contributed by atoms with E-state index in [0.717, 1.165) is 28.6 Å². The highest BCUT2D eigenvalue weighted by atomic mass is 16.1. The van der Waals surface area contributed by atoms with E-state index in [9.17, 15) is 4.79 Å². The molecule has 1 amide bonds. The van der Waals surface area contributed by atoms with Gasteiger partial charge < -0.3 is 5.73 Å². The first-order valence-electron chi connectivity index (χ1n) is 8.67. The van der Waals surface area contributed by atoms with Gasteiger partial charge in [-0.25, -0.2) is 9.98 Å². The molecule has 26 heavy (non-hydrogen) atoms. The summed E-state index contributed by atoms with van der Waals surface area (Å²) >= 11 is 0. The molecule has 132 valence electrons. The number of benzene rings is 2. The van der Waals surface area contributed by atoms with E-state index in [4.69, 9.17) is 10.7 Å². The maximum atomic E-state index is 10.7. The Balaban J connectivity index is 2.30. The van der Waals surface area contributed by atoms with E-state index in [0.29, 0.717) is 18.0 Å². The molecule has 0 spiro atoms. The molecule has 1 heterocycles. The Hall–Kier alpha value is -3.21. The molecule has 3 N–H and O–H groups in total. The van der Waals surface area contributed by atoms with Crippen LogP contribution in [-0.2, 0) is 4.79 Å². The minimum atomic E-state index is 0.0560. The number of guanidine groups is 1. The standard InChI is InChI=1S/C21H22N4O/c1-3-14(2)16-10-7-11-17-19(25-21(22)23-13-26)12-18(24-20(16)17)15-8-5-4-6-9-15/h4-14H,3H2,1-2H3,(H3,22,23,24,25,26). The van der Waals surface area contributed by atoms with Gasteiger partial charge in [0.05, 0.1) is 16.9 Å². The number of amides is 1. The smallest absolute Gasteiger partial charge is 0.213 e. The fourth-order valence-corrected chi connectivity index (χ4v) is 2.94. The zero-order valence-electron chi connectivity index (χ0n) is 14.9. The van der Waals surface area contributed by atoms with Crippen LogP contribution in [0.25, 0.3) is 22.2 Å². The van der Waals surface area contributed by atoms with Crippen molar-refractivity contribution in [3.8, 4) is 11.3 Å². The van der Waals surface area contributed by atoms with Crippen molar-refractivity contribution in [2.45, 2.75) is 26.2 Å². The quantitative estimate of drug-likeness (QED) is 0.414. The predicted molar refractivity (Wildman–Crippen MR) is 106 cm³/mol. The minimum absolute atomic E-state index is 0.0560. The van der Waals surface area contributed by atoms with Gasteiger partial charge in [-0.2, -0.15) is 0 Å². The molecule has 0 radical (unpaired) electrons. The Labute approximate surface area is 153 Å². The van der Waals surface area contributed by atoms with Crippen LogP contribution in [0.4, 0.5) is 5.69 Å². The lowest BCUT2D eigenvalue weighted by molar-refractivity contribution is -0.108. The fourth-order valence-electron chi connectivity index (χ4n) is 2.94. The fraction of sp³-hybridized carbons (Fsp3) is 0.190. The Morgan fingerprint density at radius 1 is 1.23 bits per heavy atom. The van der Waals surface area contributed by atoms with Crippen molar-refractivity contribution in [2.75, 3.05) is 0 Å². The summed E-state index contributed by atoms with van der Waals surface area (Å²) in [5.41, 5.74) is 10.4. The monoisotopic (exact) mass is 346 g/mol. The molecule has 1 atom stereocenters. The van der Waals surface area contributed by atoms with E-state index in [2.05, 4.69) is 30.2 Å². The van der Waals surface area contributed by atoms with Gasteiger partial charge in [-0.1, -0.05) is 62.4 Å². The topological polar surface area (TPSA) is 80.4 Å². The number of para-hydroxylation sites is 1. The van der Waals surface area contributed by atoms with Gasteiger partial charge in [0, 0.05) is 10.9 Å². The molecule has 5 heteroatoms. The largest absolute Gasteiger partial charge is 0.369 e. The zero-order valence-corrected chi connectivity index (χ0v) is 14.9. The molecule has 0 aliphatic rings. The van der Waals surface area contributed by atoms with Crippen molar-refractivity contribution in [2.24, 2.45) is 10.7 Å². The van der Waals surface area contributed by atoms with Crippen molar-refractivity contribution in [3.63, 3.8) is 0 Å². The third-order valence-electron chi connectivity index (χ3n) is 4.51. The summed E-state index contributed by atoms with van der Waals surface area (Å²) in [5.74, 6) is 0.431. The molecule has 0 aliphatic carbocycles. The van der Waals surface area contributed by atoms with Crippen LogP contribution < -0.4 is 11.1 Å². The lowest BCUT2D eigenvalue weighted by atomic mass is 9.95. The number of aliphatic imine (C=N–C) groups is 1. The molecule has 1 unspecified atom stereocenters. The summed E-state index contributed by atoms with van der Waals surface area (Å²) in [6.07, 6.45) is 1.54. The summed E-state index contributed by atoms with van der Waals surface area (Å²) in [7, 11) is 0. The van der Waals surface area contributed by atoms with Crippen molar-refractivity contribution in [1.29, 1.82) is 0 Å². The van der Waals surface area contributed by atoms with E-state index < -0.39 is 0 Å². The molecule has 3 aromatic rings. The number of pyridine rings is 1. The highest BCUT2D eigenvalue weighted by molar-refractivity contribution is 5.98. The highest BCUT2D eigenvalue weighted by Gasteiger charge is 2.14. The second-order valence-corrected chi connectivity index (χ2v) is 6.20. The maximum Gasteiger partial charge on any atom is 0.213 e. The van der Waals surface area contributed by atoms with E-state index in [1.165, 1.54) is 5.56 Å². The van der Waals surface area contributed by atoms with Crippen LogP contribution in [-0.4, -0.2) is 17.4 Å². The lowest BCUT2D eigenvalue weighted by Crippen LogP contribution is -2.29. The van der Waals surface area contributed by atoms with Gasteiger partial charge in [0.15, 0.2) is 5.96 Å². The van der Waals surface area contributed by atoms with Gasteiger partial charge >= 0.3 is 0 Å². The molecule has 0 saturated carbocycles. The number of aromatic nitrogens is 1. The van der Waals surface area contributed by atoms with E-state index in [1.807, 2.05) is 48.5 Å². The number of carbonyl (C=O) groups is 1. The Kier molecular flexibility index (Phi) is 5.27. The van der Waals surface area contributed by atoms with Crippen LogP contribution in [0.15, 0.2) is 59.6 Å². The Bertz CT molecular complexity index is 951. The van der Waals surface area contributed by atoms with Crippen LogP contribution in [0.2, 0.25) is 0 Å². The second kappa shape index (κ2) is 7.78. The van der Waals surface area contributed by atoms with E-state index in [1.54, 1.807) is 0 Å². The molecule has 0 aliphatic heterocycles. The summed E-state index contributed by atoms with van der Waals surface area (Å²) in [4.78, 5) is 20.0. The lowest BCUT2D eigenvalue weighted by Gasteiger charge is -2.15.